The molecule has 22 heavy (non-hydrogen) atoms. The SMILES string of the molecule is CC(C)Cc1nc(I)c2cnc(N[C@@H]3CCOC[C@H]3O)nn12. The van der Waals surface area contributed by atoms with E-state index in [0.717, 1.165) is 27.9 Å². The number of nitrogens with zero attached hydrogens (tertiary/aromatic N) is 4. The van der Waals surface area contributed by atoms with Crippen LogP contribution in [-0.2, 0) is 11.2 Å². The summed E-state index contributed by atoms with van der Waals surface area (Å²) in [6.07, 6.45) is 2.84. The Labute approximate surface area is 142 Å². The Morgan fingerprint density at radius 1 is 1.55 bits per heavy atom. The third-order valence-corrected chi connectivity index (χ3v) is 4.44. The van der Waals surface area contributed by atoms with Crippen molar-refractivity contribution in [2.75, 3.05) is 18.5 Å². The van der Waals surface area contributed by atoms with Gasteiger partial charge in [-0.05, 0) is 34.9 Å². The molecule has 3 heterocycles. The van der Waals surface area contributed by atoms with Crippen molar-refractivity contribution >= 4 is 34.1 Å². The van der Waals surface area contributed by atoms with Crippen LogP contribution < -0.4 is 5.32 Å². The molecule has 0 bridgehead atoms. The summed E-state index contributed by atoms with van der Waals surface area (Å²) >= 11 is 2.21. The van der Waals surface area contributed by atoms with Gasteiger partial charge in [0.25, 0.3) is 0 Å². The second-order valence-electron chi connectivity index (χ2n) is 5.98. The Bertz CT molecular complexity index is 660. The molecule has 0 saturated carbocycles. The molecule has 1 fully saturated rings. The van der Waals surface area contributed by atoms with E-state index in [4.69, 9.17) is 4.74 Å². The summed E-state index contributed by atoms with van der Waals surface area (Å²) in [5.41, 5.74) is 0.911. The lowest BCUT2D eigenvalue weighted by Crippen LogP contribution is -2.42. The van der Waals surface area contributed by atoms with Crippen LogP contribution in [0.3, 0.4) is 0 Å². The first-order chi connectivity index (χ1) is 10.5. The van der Waals surface area contributed by atoms with Crippen molar-refractivity contribution in [2.45, 2.75) is 38.8 Å². The van der Waals surface area contributed by atoms with E-state index in [-0.39, 0.29) is 6.04 Å². The van der Waals surface area contributed by atoms with Gasteiger partial charge in [-0.2, -0.15) is 0 Å². The average molecular weight is 417 g/mol. The molecule has 0 unspecified atom stereocenters. The highest BCUT2D eigenvalue weighted by Gasteiger charge is 2.24. The van der Waals surface area contributed by atoms with Crippen LogP contribution in [0.4, 0.5) is 5.95 Å². The van der Waals surface area contributed by atoms with Crippen molar-refractivity contribution in [3.05, 3.63) is 15.7 Å². The number of fused-ring (bicyclic) bond motifs is 1. The molecule has 0 amide bonds. The predicted octanol–water partition coefficient (Wildman–Crippen LogP) is 1.49. The van der Waals surface area contributed by atoms with E-state index in [1.165, 1.54) is 0 Å². The molecule has 1 aliphatic rings. The van der Waals surface area contributed by atoms with Crippen molar-refractivity contribution in [1.29, 1.82) is 0 Å². The van der Waals surface area contributed by atoms with E-state index in [0.29, 0.717) is 25.1 Å². The number of aliphatic hydroxyl groups is 1. The van der Waals surface area contributed by atoms with Gasteiger partial charge >= 0.3 is 0 Å². The normalized spacial score (nSPS) is 22.4. The number of nitrogens with one attached hydrogen (secondary N) is 1. The van der Waals surface area contributed by atoms with Crippen LogP contribution in [0.5, 0.6) is 0 Å². The van der Waals surface area contributed by atoms with Gasteiger partial charge in [-0.15, -0.1) is 5.10 Å². The predicted molar refractivity (Wildman–Crippen MR) is 90.9 cm³/mol. The molecular formula is C14H20IN5O2. The molecule has 2 atom stereocenters. The second-order valence-corrected chi connectivity index (χ2v) is 7.00. The van der Waals surface area contributed by atoms with Crippen molar-refractivity contribution < 1.29 is 9.84 Å². The number of anilines is 1. The summed E-state index contributed by atoms with van der Waals surface area (Å²) in [7, 11) is 0. The number of halogens is 1. The molecule has 1 aliphatic heterocycles. The standard InChI is InChI=1S/C14H20IN5O2/c1-8(2)5-12-18-13(15)10-6-16-14(19-20(10)12)17-9-3-4-22-7-11(9)21/h6,8-9,11,21H,3-5,7H2,1-2H3,(H,17,19)/t9-,11-/m1/s1. The summed E-state index contributed by atoms with van der Waals surface area (Å²) in [5.74, 6) is 1.95. The van der Waals surface area contributed by atoms with Crippen LogP contribution in [0.15, 0.2) is 6.20 Å². The molecular weight excluding hydrogens is 397 g/mol. The first kappa shape index (κ1) is 15.9. The fourth-order valence-electron chi connectivity index (χ4n) is 2.53. The number of hydrogen-bond donors (Lipinski definition) is 2. The molecule has 0 radical (unpaired) electrons. The van der Waals surface area contributed by atoms with Gasteiger partial charge < -0.3 is 15.2 Å². The van der Waals surface area contributed by atoms with Gasteiger partial charge in [0, 0.05) is 13.0 Å². The molecule has 1 saturated heterocycles. The zero-order chi connectivity index (χ0) is 15.7. The highest BCUT2D eigenvalue weighted by atomic mass is 127. The summed E-state index contributed by atoms with van der Waals surface area (Å²) in [6.45, 7) is 5.30. The summed E-state index contributed by atoms with van der Waals surface area (Å²) in [4.78, 5) is 8.93. The van der Waals surface area contributed by atoms with Gasteiger partial charge in [0.2, 0.25) is 5.95 Å². The van der Waals surface area contributed by atoms with Gasteiger partial charge in [-0.3, -0.25) is 0 Å². The highest BCUT2D eigenvalue weighted by Crippen LogP contribution is 2.18. The summed E-state index contributed by atoms with van der Waals surface area (Å²) < 4.78 is 8.00. The molecule has 8 heteroatoms. The fraction of sp³-hybridized carbons (Fsp3) is 0.643. The minimum Gasteiger partial charge on any atom is -0.389 e. The first-order valence-corrected chi connectivity index (χ1v) is 8.55. The highest BCUT2D eigenvalue weighted by molar-refractivity contribution is 14.1. The van der Waals surface area contributed by atoms with E-state index >= 15 is 0 Å². The second kappa shape index (κ2) is 6.63. The Morgan fingerprint density at radius 2 is 2.36 bits per heavy atom. The van der Waals surface area contributed by atoms with Crippen molar-refractivity contribution in [3.63, 3.8) is 0 Å². The molecule has 7 nitrogen and oxygen atoms in total. The van der Waals surface area contributed by atoms with E-state index in [1.807, 2.05) is 4.52 Å². The lowest BCUT2D eigenvalue weighted by molar-refractivity contribution is -0.0136. The maximum Gasteiger partial charge on any atom is 0.241 e. The fourth-order valence-corrected chi connectivity index (χ4v) is 3.17. The van der Waals surface area contributed by atoms with Crippen LogP contribution in [0, 0.1) is 9.62 Å². The first-order valence-electron chi connectivity index (χ1n) is 7.47. The maximum atomic E-state index is 9.96. The monoisotopic (exact) mass is 417 g/mol. The zero-order valence-corrected chi connectivity index (χ0v) is 14.8. The van der Waals surface area contributed by atoms with Gasteiger partial charge in [0.1, 0.15) is 15.0 Å². The minimum absolute atomic E-state index is 0.0812. The number of ether oxygens (including phenoxy) is 1. The number of imidazole rings is 1. The number of aliphatic hydroxyl groups excluding tert-OH is 1. The van der Waals surface area contributed by atoms with E-state index in [1.54, 1.807) is 6.20 Å². The molecule has 3 rings (SSSR count). The van der Waals surface area contributed by atoms with E-state index in [9.17, 15) is 5.11 Å². The van der Waals surface area contributed by atoms with Crippen molar-refractivity contribution in [3.8, 4) is 0 Å². The van der Waals surface area contributed by atoms with E-state index < -0.39 is 6.10 Å². The third-order valence-electron chi connectivity index (χ3n) is 3.65. The number of rotatable bonds is 4. The van der Waals surface area contributed by atoms with Gasteiger partial charge in [-0.25, -0.2) is 14.5 Å². The smallest absolute Gasteiger partial charge is 0.241 e. The van der Waals surface area contributed by atoms with Gasteiger partial charge in [0.15, 0.2) is 0 Å². The van der Waals surface area contributed by atoms with Crippen LogP contribution in [0.1, 0.15) is 26.1 Å². The molecule has 120 valence electrons. The molecule has 0 aliphatic carbocycles. The number of aromatic nitrogens is 4. The third kappa shape index (κ3) is 3.33. The largest absolute Gasteiger partial charge is 0.389 e. The van der Waals surface area contributed by atoms with E-state index in [2.05, 4.69) is 56.8 Å². The molecule has 2 aromatic rings. The van der Waals surface area contributed by atoms with Crippen molar-refractivity contribution in [2.24, 2.45) is 5.92 Å². The van der Waals surface area contributed by atoms with Gasteiger partial charge in [-0.1, -0.05) is 13.8 Å². The Balaban J connectivity index is 1.87. The summed E-state index contributed by atoms with van der Waals surface area (Å²) in [6, 6.07) is -0.0812. The molecule has 2 N–H and O–H groups in total. The molecule has 2 aromatic heterocycles. The van der Waals surface area contributed by atoms with Crippen LogP contribution in [-0.4, -0.2) is 50.0 Å². The maximum absolute atomic E-state index is 9.96. The Morgan fingerprint density at radius 3 is 3.09 bits per heavy atom. The quantitative estimate of drug-likeness (QED) is 0.734. The zero-order valence-electron chi connectivity index (χ0n) is 12.7. The van der Waals surface area contributed by atoms with Crippen molar-refractivity contribution in [1.82, 2.24) is 19.6 Å². The summed E-state index contributed by atoms with van der Waals surface area (Å²) in [5, 5.41) is 17.7. The van der Waals surface area contributed by atoms with Crippen LogP contribution >= 0.6 is 22.6 Å². The van der Waals surface area contributed by atoms with Gasteiger partial charge in [0.05, 0.1) is 24.9 Å². The van der Waals surface area contributed by atoms with Crippen LogP contribution in [0.25, 0.3) is 5.52 Å². The minimum atomic E-state index is -0.536. The Kier molecular flexibility index (Phi) is 4.79. The average Bonchev–Trinajstić information content (AvgIpc) is 2.77. The molecule has 0 aromatic carbocycles. The van der Waals surface area contributed by atoms with Crippen LogP contribution in [0.2, 0.25) is 0 Å². The topological polar surface area (TPSA) is 84.6 Å². The molecule has 0 spiro atoms. The number of hydrogen-bond acceptors (Lipinski definition) is 6. The Hall–Kier alpha value is -1.00. The lowest BCUT2D eigenvalue weighted by atomic mass is 10.1. The lowest BCUT2D eigenvalue weighted by Gasteiger charge is -2.28.